The van der Waals surface area contributed by atoms with E-state index in [2.05, 4.69) is 15.6 Å². The monoisotopic (exact) mass is 257 g/mol. The number of aromatic nitrogens is 1. The number of pyridine rings is 1. The second kappa shape index (κ2) is 8.96. The molecule has 0 saturated heterocycles. The molecule has 1 rings (SSSR count). The molecule has 1 aromatic rings. The molecule has 0 aliphatic heterocycles. The minimum Gasteiger partial charge on any atom is -0.354 e. The Hall–Kier alpha value is -1.13. The molecule has 2 N–H and O–H groups in total. The SMILES string of the molecule is CCN[C@H](C)CNC(=O)Cc1cccnc1.Cl. The summed E-state index contributed by atoms with van der Waals surface area (Å²) >= 11 is 0. The number of hydrogen-bond acceptors (Lipinski definition) is 3. The first kappa shape index (κ1) is 15.9. The molecule has 1 atom stereocenters. The molecule has 5 heteroatoms. The van der Waals surface area contributed by atoms with E-state index in [0.29, 0.717) is 19.0 Å². The van der Waals surface area contributed by atoms with Gasteiger partial charge < -0.3 is 10.6 Å². The molecule has 0 bridgehead atoms. The summed E-state index contributed by atoms with van der Waals surface area (Å²) < 4.78 is 0. The normalized spacial score (nSPS) is 11.4. The number of amides is 1. The Morgan fingerprint density at radius 2 is 2.29 bits per heavy atom. The maximum absolute atomic E-state index is 11.6. The van der Waals surface area contributed by atoms with Gasteiger partial charge >= 0.3 is 0 Å². The van der Waals surface area contributed by atoms with Gasteiger partial charge in [0, 0.05) is 25.0 Å². The third-order valence-electron chi connectivity index (χ3n) is 2.25. The van der Waals surface area contributed by atoms with E-state index in [1.54, 1.807) is 12.4 Å². The fourth-order valence-electron chi connectivity index (χ4n) is 1.44. The van der Waals surface area contributed by atoms with Crippen LogP contribution in [0, 0.1) is 0 Å². The van der Waals surface area contributed by atoms with Crippen molar-refractivity contribution in [3.05, 3.63) is 30.1 Å². The van der Waals surface area contributed by atoms with E-state index in [-0.39, 0.29) is 18.3 Å². The Morgan fingerprint density at radius 3 is 2.88 bits per heavy atom. The van der Waals surface area contributed by atoms with Crippen molar-refractivity contribution < 1.29 is 4.79 Å². The third kappa shape index (κ3) is 6.92. The van der Waals surface area contributed by atoms with Crippen LogP contribution in [0.5, 0.6) is 0 Å². The molecule has 4 nitrogen and oxygen atoms in total. The number of nitrogens with one attached hydrogen (secondary N) is 2. The predicted molar refractivity (Wildman–Crippen MR) is 71.3 cm³/mol. The van der Waals surface area contributed by atoms with Crippen molar-refractivity contribution in [1.29, 1.82) is 0 Å². The van der Waals surface area contributed by atoms with Crippen LogP contribution in [0.3, 0.4) is 0 Å². The van der Waals surface area contributed by atoms with Crippen LogP contribution < -0.4 is 10.6 Å². The van der Waals surface area contributed by atoms with E-state index in [0.717, 1.165) is 12.1 Å². The second-order valence-electron chi connectivity index (χ2n) is 3.80. The molecule has 0 aliphatic carbocycles. The van der Waals surface area contributed by atoms with Crippen LogP contribution in [-0.2, 0) is 11.2 Å². The van der Waals surface area contributed by atoms with E-state index in [4.69, 9.17) is 0 Å². The molecule has 0 spiro atoms. The molecule has 0 aromatic carbocycles. The van der Waals surface area contributed by atoms with Gasteiger partial charge in [0.15, 0.2) is 0 Å². The summed E-state index contributed by atoms with van der Waals surface area (Å²) in [4.78, 5) is 15.5. The molecule has 0 radical (unpaired) electrons. The molecule has 0 aliphatic rings. The number of carbonyl (C=O) groups is 1. The average molecular weight is 258 g/mol. The highest BCUT2D eigenvalue weighted by Crippen LogP contribution is 1.96. The third-order valence-corrected chi connectivity index (χ3v) is 2.25. The van der Waals surface area contributed by atoms with Crippen molar-refractivity contribution in [3.63, 3.8) is 0 Å². The lowest BCUT2D eigenvalue weighted by Crippen LogP contribution is -2.39. The largest absolute Gasteiger partial charge is 0.354 e. The van der Waals surface area contributed by atoms with Gasteiger partial charge in [0.25, 0.3) is 0 Å². The van der Waals surface area contributed by atoms with Gasteiger partial charge in [-0.25, -0.2) is 0 Å². The molecule has 1 aromatic heterocycles. The van der Waals surface area contributed by atoms with Crippen LogP contribution in [0.15, 0.2) is 24.5 Å². The number of carbonyl (C=O) groups excluding carboxylic acids is 1. The molecule has 17 heavy (non-hydrogen) atoms. The Balaban J connectivity index is 0.00000256. The Morgan fingerprint density at radius 1 is 1.53 bits per heavy atom. The highest BCUT2D eigenvalue weighted by Gasteiger charge is 2.05. The average Bonchev–Trinajstić information content (AvgIpc) is 2.28. The summed E-state index contributed by atoms with van der Waals surface area (Å²) in [6, 6.07) is 4.05. The molecule has 96 valence electrons. The topological polar surface area (TPSA) is 54.0 Å². The summed E-state index contributed by atoms with van der Waals surface area (Å²) in [6.45, 7) is 5.67. The number of likely N-dealkylation sites (N-methyl/N-ethyl adjacent to an activating group) is 1. The van der Waals surface area contributed by atoms with Gasteiger partial charge in [-0.05, 0) is 25.1 Å². The summed E-state index contributed by atoms with van der Waals surface area (Å²) in [7, 11) is 0. The minimum absolute atomic E-state index is 0. The summed E-state index contributed by atoms with van der Waals surface area (Å²) in [5.74, 6) is 0.0396. The van der Waals surface area contributed by atoms with E-state index in [1.165, 1.54) is 0 Å². The summed E-state index contributed by atoms with van der Waals surface area (Å²) in [5, 5.41) is 6.12. The van der Waals surface area contributed by atoms with Gasteiger partial charge in [-0.1, -0.05) is 13.0 Å². The van der Waals surface area contributed by atoms with E-state index in [1.807, 2.05) is 26.0 Å². The molecule has 0 unspecified atom stereocenters. The number of nitrogens with zero attached hydrogens (tertiary/aromatic N) is 1. The zero-order valence-electron chi connectivity index (χ0n) is 10.3. The van der Waals surface area contributed by atoms with Crippen molar-refractivity contribution >= 4 is 18.3 Å². The van der Waals surface area contributed by atoms with Gasteiger partial charge in [0.2, 0.25) is 5.91 Å². The van der Waals surface area contributed by atoms with Crippen molar-refractivity contribution in [2.24, 2.45) is 0 Å². The second-order valence-corrected chi connectivity index (χ2v) is 3.80. The number of rotatable bonds is 6. The number of halogens is 1. The zero-order valence-corrected chi connectivity index (χ0v) is 11.1. The molecule has 1 heterocycles. The summed E-state index contributed by atoms with van der Waals surface area (Å²) in [6.07, 6.45) is 3.81. The lowest BCUT2D eigenvalue weighted by atomic mass is 10.2. The highest BCUT2D eigenvalue weighted by atomic mass is 35.5. The maximum Gasteiger partial charge on any atom is 0.224 e. The Kier molecular flexibility index (Phi) is 8.36. The molecular formula is C12H20ClN3O. The Bertz CT molecular complexity index is 319. The maximum atomic E-state index is 11.6. The first-order chi connectivity index (χ1) is 7.72. The predicted octanol–water partition coefficient (Wildman–Crippen LogP) is 1.16. The van der Waals surface area contributed by atoms with Crippen LogP contribution >= 0.6 is 12.4 Å². The van der Waals surface area contributed by atoms with Gasteiger partial charge in [0.1, 0.15) is 0 Å². The van der Waals surface area contributed by atoms with Gasteiger partial charge in [-0.2, -0.15) is 0 Å². The smallest absolute Gasteiger partial charge is 0.224 e. The van der Waals surface area contributed by atoms with Gasteiger partial charge in [-0.15, -0.1) is 12.4 Å². The van der Waals surface area contributed by atoms with Crippen molar-refractivity contribution in [2.75, 3.05) is 13.1 Å². The van der Waals surface area contributed by atoms with Crippen molar-refractivity contribution in [1.82, 2.24) is 15.6 Å². The molecule has 0 fully saturated rings. The standard InChI is InChI=1S/C12H19N3O.ClH/c1-3-14-10(2)8-15-12(16)7-11-5-4-6-13-9-11;/h4-6,9-10,14H,3,7-8H2,1-2H3,(H,15,16);1H/t10-;/m1./s1. The first-order valence-corrected chi connectivity index (χ1v) is 5.61. The number of hydrogen-bond donors (Lipinski definition) is 2. The molecule has 1 amide bonds. The van der Waals surface area contributed by atoms with Crippen molar-refractivity contribution in [3.8, 4) is 0 Å². The van der Waals surface area contributed by atoms with Crippen LogP contribution in [0.2, 0.25) is 0 Å². The fourth-order valence-corrected chi connectivity index (χ4v) is 1.44. The van der Waals surface area contributed by atoms with E-state index >= 15 is 0 Å². The highest BCUT2D eigenvalue weighted by molar-refractivity contribution is 5.85. The molecular weight excluding hydrogens is 238 g/mol. The van der Waals surface area contributed by atoms with Crippen LogP contribution in [0.25, 0.3) is 0 Å². The van der Waals surface area contributed by atoms with Crippen LogP contribution in [0.4, 0.5) is 0 Å². The van der Waals surface area contributed by atoms with Gasteiger partial charge in [-0.3, -0.25) is 9.78 Å². The lowest BCUT2D eigenvalue weighted by molar-refractivity contribution is -0.120. The zero-order chi connectivity index (χ0) is 11.8. The quantitative estimate of drug-likeness (QED) is 0.804. The fraction of sp³-hybridized carbons (Fsp3) is 0.500. The summed E-state index contributed by atoms with van der Waals surface area (Å²) in [5.41, 5.74) is 0.941. The lowest BCUT2D eigenvalue weighted by Gasteiger charge is -2.13. The van der Waals surface area contributed by atoms with Crippen molar-refractivity contribution in [2.45, 2.75) is 26.3 Å². The van der Waals surface area contributed by atoms with E-state index < -0.39 is 0 Å². The molecule has 0 saturated carbocycles. The van der Waals surface area contributed by atoms with E-state index in [9.17, 15) is 4.79 Å². The van der Waals surface area contributed by atoms with Crippen LogP contribution in [0.1, 0.15) is 19.4 Å². The minimum atomic E-state index is 0. The first-order valence-electron chi connectivity index (χ1n) is 5.61. The Labute approximate surface area is 109 Å². The van der Waals surface area contributed by atoms with Gasteiger partial charge in [0.05, 0.1) is 6.42 Å². The van der Waals surface area contributed by atoms with Crippen LogP contribution in [-0.4, -0.2) is 30.0 Å².